The third kappa shape index (κ3) is 6.14. The number of carbonyl (C=O) groups is 1. The van der Waals surface area contributed by atoms with Gasteiger partial charge in [-0.2, -0.15) is 0 Å². The molecule has 6 heteroatoms. The van der Waals surface area contributed by atoms with E-state index in [1.54, 1.807) is 0 Å². The predicted molar refractivity (Wildman–Crippen MR) is 64.9 cm³/mol. The molecule has 0 bridgehead atoms. The number of carbonyl (C=O) groups excluding carboxylic acids is 1. The fourth-order valence-corrected chi connectivity index (χ4v) is 2.06. The number of hydrogen-bond donors (Lipinski definition) is 1. The molecule has 4 nitrogen and oxygen atoms in total. The lowest BCUT2D eigenvalue weighted by Gasteiger charge is -2.13. The SMILES string of the molecule is CCCC(Br)CNC(=O)C(C)S(C)(=O)=O. The molecule has 0 aromatic heterocycles. The summed E-state index contributed by atoms with van der Waals surface area (Å²) in [5.41, 5.74) is 0. The van der Waals surface area contributed by atoms with Crippen LogP contribution in [0.2, 0.25) is 0 Å². The molecule has 1 N–H and O–H groups in total. The van der Waals surface area contributed by atoms with Crippen molar-refractivity contribution in [2.45, 2.75) is 36.8 Å². The lowest BCUT2D eigenvalue weighted by atomic mass is 10.2. The molecule has 1 amide bonds. The zero-order valence-corrected chi connectivity index (χ0v) is 11.7. The Kier molecular flexibility index (Phi) is 6.43. The van der Waals surface area contributed by atoms with Crippen LogP contribution in [0.1, 0.15) is 26.7 Å². The molecule has 15 heavy (non-hydrogen) atoms. The van der Waals surface area contributed by atoms with Gasteiger partial charge in [-0.25, -0.2) is 8.42 Å². The molecule has 0 heterocycles. The molecule has 2 unspecified atom stereocenters. The molecule has 0 aliphatic carbocycles. The van der Waals surface area contributed by atoms with Crippen molar-refractivity contribution in [3.05, 3.63) is 0 Å². The second-order valence-corrected chi connectivity index (χ2v) is 7.26. The smallest absolute Gasteiger partial charge is 0.238 e. The number of amides is 1. The highest BCUT2D eigenvalue weighted by molar-refractivity contribution is 9.09. The van der Waals surface area contributed by atoms with E-state index < -0.39 is 21.0 Å². The fourth-order valence-electron chi connectivity index (χ4n) is 0.965. The van der Waals surface area contributed by atoms with Gasteiger partial charge >= 0.3 is 0 Å². The summed E-state index contributed by atoms with van der Waals surface area (Å²) in [6, 6.07) is 0. The van der Waals surface area contributed by atoms with Gasteiger partial charge in [-0.05, 0) is 13.3 Å². The molecule has 0 rings (SSSR count). The Hall–Kier alpha value is -0.100. The van der Waals surface area contributed by atoms with Gasteiger partial charge in [-0.1, -0.05) is 29.3 Å². The van der Waals surface area contributed by atoms with Gasteiger partial charge in [0.2, 0.25) is 5.91 Å². The van der Waals surface area contributed by atoms with Gasteiger partial charge in [-0.15, -0.1) is 0 Å². The topological polar surface area (TPSA) is 63.2 Å². The third-order valence-electron chi connectivity index (χ3n) is 2.11. The first-order valence-electron chi connectivity index (χ1n) is 4.89. The Bertz CT molecular complexity index is 302. The minimum absolute atomic E-state index is 0.207. The van der Waals surface area contributed by atoms with Gasteiger partial charge in [0.1, 0.15) is 5.25 Å². The van der Waals surface area contributed by atoms with Crippen molar-refractivity contribution < 1.29 is 13.2 Å². The molecular formula is C9H18BrNO3S. The largest absolute Gasteiger partial charge is 0.354 e. The first-order valence-corrected chi connectivity index (χ1v) is 7.76. The van der Waals surface area contributed by atoms with Crippen LogP contribution in [-0.4, -0.2) is 37.2 Å². The maximum absolute atomic E-state index is 11.4. The monoisotopic (exact) mass is 299 g/mol. The number of nitrogens with one attached hydrogen (secondary N) is 1. The Morgan fingerprint density at radius 1 is 1.47 bits per heavy atom. The minimum Gasteiger partial charge on any atom is -0.354 e. The molecule has 0 aliphatic heterocycles. The van der Waals surface area contributed by atoms with Crippen LogP contribution in [0.3, 0.4) is 0 Å². The van der Waals surface area contributed by atoms with Gasteiger partial charge in [0.15, 0.2) is 9.84 Å². The first-order chi connectivity index (χ1) is 6.79. The van der Waals surface area contributed by atoms with Crippen molar-refractivity contribution in [1.82, 2.24) is 5.32 Å². The van der Waals surface area contributed by atoms with E-state index in [9.17, 15) is 13.2 Å². The molecule has 0 aliphatic rings. The maximum atomic E-state index is 11.4. The molecule has 0 aromatic carbocycles. The van der Waals surface area contributed by atoms with Crippen LogP contribution in [0, 0.1) is 0 Å². The predicted octanol–water partition coefficient (Wildman–Crippen LogP) is 1.10. The highest BCUT2D eigenvalue weighted by atomic mass is 79.9. The molecular weight excluding hydrogens is 282 g/mol. The zero-order chi connectivity index (χ0) is 12.1. The summed E-state index contributed by atoms with van der Waals surface area (Å²) in [7, 11) is -3.29. The van der Waals surface area contributed by atoms with Crippen molar-refractivity contribution in [2.75, 3.05) is 12.8 Å². The second kappa shape index (κ2) is 6.48. The molecule has 0 radical (unpaired) electrons. The van der Waals surface area contributed by atoms with Crippen molar-refractivity contribution in [3.63, 3.8) is 0 Å². The Morgan fingerprint density at radius 3 is 2.40 bits per heavy atom. The zero-order valence-electron chi connectivity index (χ0n) is 9.29. The molecule has 0 fully saturated rings. The summed E-state index contributed by atoms with van der Waals surface area (Å²) in [6.45, 7) is 3.91. The number of sulfone groups is 1. The molecule has 90 valence electrons. The van der Waals surface area contributed by atoms with Gasteiger partial charge in [0, 0.05) is 17.6 Å². The molecule has 2 atom stereocenters. The van der Waals surface area contributed by atoms with Gasteiger partial charge in [0.05, 0.1) is 0 Å². The van der Waals surface area contributed by atoms with Crippen LogP contribution >= 0.6 is 15.9 Å². The van der Waals surface area contributed by atoms with E-state index in [1.165, 1.54) is 6.92 Å². The molecule has 0 saturated carbocycles. The number of hydrogen-bond acceptors (Lipinski definition) is 3. The lowest BCUT2D eigenvalue weighted by molar-refractivity contribution is -0.120. The van der Waals surface area contributed by atoms with E-state index >= 15 is 0 Å². The normalized spacial score (nSPS) is 15.7. The van der Waals surface area contributed by atoms with Crippen LogP contribution < -0.4 is 5.32 Å². The van der Waals surface area contributed by atoms with E-state index in [-0.39, 0.29) is 4.83 Å². The van der Waals surface area contributed by atoms with Crippen molar-refractivity contribution in [2.24, 2.45) is 0 Å². The molecule has 0 aromatic rings. The van der Waals surface area contributed by atoms with Crippen LogP contribution in [0.5, 0.6) is 0 Å². The van der Waals surface area contributed by atoms with Crippen molar-refractivity contribution >= 4 is 31.7 Å². The number of halogens is 1. The standard InChI is InChI=1S/C9H18BrNO3S/c1-4-5-8(10)6-11-9(12)7(2)15(3,13)14/h7-8H,4-6H2,1-3H3,(H,11,12). The average molecular weight is 300 g/mol. The van der Waals surface area contributed by atoms with E-state index in [4.69, 9.17) is 0 Å². The van der Waals surface area contributed by atoms with E-state index in [1.807, 2.05) is 0 Å². The van der Waals surface area contributed by atoms with E-state index in [0.717, 1.165) is 19.1 Å². The Morgan fingerprint density at radius 2 is 2.00 bits per heavy atom. The summed E-state index contributed by atoms with van der Waals surface area (Å²) in [6.07, 6.45) is 3.04. The van der Waals surface area contributed by atoms with Gasteiger partial charge < -0.3 is 5.32 Å². The molecule has 0 spiro atoms. The van der Waals surface area contributed by atoms with E-state index in [0.29, 0.717) is 6.54 Å². The number of rotatable bonds is 6. The Labute approximate surface area is 99.9 Å². The third-order valence-corrected chi connectivity index (χ3v) is 4.39. The van der Waals surface area contributed by atoms with Crippen molar-refractivity contribution in [3.8, 4) is 0 Å². The summed E-state index contributed by atoms with van der Waals surface area (Å²) < 4.78 is 22.1. The summed E-state index contributed by atoms with van der Waals surface area (Å²) in [4.78, 5) is 11.6. The van der Waals surface area contributed by atoms with Crippen LogP contribution in [0.4, 0.5) is 0 Å². The first kappa shape index (κ1) is 14.9. The van der Waals surface area contributed by atoms with Crippen LogP contribution in [0.15, 0.2) is 0 Å². The van der Waals surface area contributed by atoms with Crippen LogP contribution in [0.25, 0.3) is 0 Å². The lowest BCUT2D eigenvalue weighted by Crippen LogP contribution is -2.39. The number of alkyl halides is 1. The maximum Gasteiger partial charge on any atom is 0.238 e. The summed E-state index contributed by atoms with van der Waals surface area (Å²) in [5, 5.41) is 1.64. The van der Waals surface area contributed by atoms with Crippen LogP contribution in [-0.2, 0) is 14.6 Å². The van der Waals surface area contributed by atoms with E-state index in [2.05, 4.69) is 28.2 Å². The van der Waals surface area contributed by atoms with Gasteiger partial charge in [0.25, 0.3) is 0 Å². The second-order valence-electron chi connectivity index (χ2n) is 3.60. The van der Waals surface area contributed by atoms with Crippen molar-refractivity contribution in [1.29, 1.82) is 0 Å². The Balaban J connectivity index is 4.05. The summed E-state index contributed by atoms with van der Waals surface area (Å²) >= 11 is 3.40. The highest BCUT2D eigenvalue weighted by Crippen LogP contribution is 2.06. The highest BCUT2D eigenvalue weighted by Gasteiger charge is 2.23. The molecule has 0 saturated heterocycles. The minimum atomic E-state index is -3.29. The average Bonchev–Trinajstić information content (AvgIpc) is 2.12. The van der Waals surface area contributed by atoms with Gasteiger partial charge in [-0.3, -0.25) is 4.79 Å². The summed E-state index contributed by atoms with van der Waals surface area (Å²) in [5.74, 6) is -0.432. The quantitative estimate of drug-likeness (QED) is 0.747. The fraction of sp³-hybridized carbons (Fsp3) is 0.889.